The second-order valence-electron chi connectivity index (χ2n) is 2.02. The maximum atomic E-state index is 8.20. The standard InChI is InChI=1S/B4H6O9.BH3O3.Na.10H2O.H/c5-1(6)11-4(12-2(7)8)13-3(9)10;2-1(3)4;;;;;;;;;;;;/h5-10H;2-4H;;10*1H2;. The van der Waals surface area contributed by atoms with E-state index in [1.54, 1.807) is 0 Å². The molecule has 0 bridgehead atoms. The first-order valence-electron chi connectivity index (χ1n) is 3.74. The zero-order chi connectivity index (χ0) is 14.0. The van der Waals surface area contributed by atoms with E-state index < -0.39 is 36.6 Å². The summed E-state index contributed by atoms with van der Waals surface area (Å²) in [5, 5.41) is 70.7. The summed E-state index contributed by atoms with van der Waals surface area (Å²) in [4.78, 5) is 0. The Bertz CT molecular complexity index is 140. The first-order valence-corrected chi connectivity index (χ1v) is 3.74. The van der Waals surface area contributed by atoms with E-state index >= 15 is 0 Å². The summed E-state index contributed by atoms with van der Waals surface area (Å²) >= 11 is 0. The van der Waals surface area contributed by atoms with Crippen molar-refractivity contribution in [2.24, 2.45) is 0 Å². The van der Waals surface area contributed by atoms with Crippen LogP contribution < -0.4 is 0 Å². The predicted octanol–water partition coefficient (Wildman–Crippen LogP) is -16.0. The van der Waals surface area contributed by atoms with Crippen LogP contribution >= 0.6 is 0 Å². The summed E-state index contributed by atoms with van der Waals surface area (Å²) in [7, 11) is -11.2. The second kappa shape index (κ2) is 56.4. The van der Waals surface area contributed by atoms with Crippen molar-refractivity contribution in [2.75, 3.05) is 0 Å². The van der Waals surface area contributed by atoms with Gasteiger partial charge in [0.25, 0.3) is 0 Å². The van der Waals surface area contributed by atoms with Crippen LogP contribution in [0.2, 0.25) is 0 Å². The van der Waals surface area contributed by atoms with Crippen LogP contribution in [-0.4, -0.2) is 166 Å². The molecule has 28 heavy (non-hydrogen) atoms. The Morgan fingerprint density at radius 3 is 0.536 bits per heavy atom. The van der Waals surface area contributed by atoms with Gasteiger partial charge >= 0.3 is 66.2 Å². The molecule has 0 aliphatic carbocycles. The Labute approximate surface area is 180 Å². The van der Waals surface area contributed by atoms with Gasteiger partial charge in [-0.3, -0.25) is 0 Å². The van der Waals surface area contributed by atoms with Crippen molar-refractivity contribution in [3.8, 4) is 0 Å². The summed E-state index contributed by atoms with van der Waals surface area (Å²) in [5.41, 5.74) is 0. The van der Waals surface area contributed by atoms with Crippen LogP contribution in [0.4, 0.5) is 0 Å². The van der Waals surface area contributed by atoms with Crippen LogP contribution in [-0.2, 0) is 13.7 Å². The van der Waals surface area contributed by atoms with E-state index in [0.717, 1.165) is 0 Å². The Kier molecular flexibility index (Phi) is 181. The predicted molar refractivity (Wildman–Crippen MR) is 95.3 cm³/mol. The van der Waals surface area contributed by atoms with Gasteiger partial charge < -0.3 is 114 Å². The third-order valence-electron chi connectivity index (χ3n) is 0.698. The molecule has 0 unspecified atom stereocenters. The van der Waals surface area contributed by atoms with Gasteiger partial charge in [-0.2, -0.15) is 0 Å². The topological polar surface area (TPSA) is 525 Å². The molecular weight excluding hydrogens is 429 g/mol. The molecule has 0 aromatic carbocycles. The molecule has 29 N–H and O–H groups in total. The van der Waals surface area contributed by atoms with E-state index in [9.17, 15) is 0 Å². The zero-order valence-corrected chi connectivity index (χ0v) is 13.1. The van der Waals surface area contributed by atoms with Crippen LogP contribution in [0.15, 0.2) is 0 Å². The van der Waals surface area contributed by atoms with Crippen molar-refractivity contribution in [2.45, 2.75) is 0 Å². The first kappa shape index (κ1) is 89.8. The summed E-state index contributed by atoms with van der Waals surface area (Å²) in [6, 6.07) is 0. The first-order chi connectivity index (χ1) is 7.65. The molecule has 0 aliphatic heterocycles. The number of hydrogen-bond donors (Lipinski definition) is 9. The summed E-state index contributed by atoms with van der Waals surface area (Å²) < 4.78 is 11.7. The molecule has 28 heteroatoms. The number of hydrogen-bond acceptors (Lipinski definition) is 12. The van der Waals surface area contributed by atoms with Crippen LogP contribution in [0.1, 0.15) is 0 Å². The number of rotatable bonds is 6. The fourth-order valence-electron chi connectivity index (χ4n) is 0.394. The fraction of sp³-hybridized carbons (Fsp3) is 0. The van der Waals surface area contributed by atoms with E-state index in [0.29, 0.717) is 0 Å². The third kappa shape index (κ3) is 111. The molecule has 0 radical (unpaired) electrons. The van der Waals surface area contributed by atoms with Gasteiger partial charge in [0.2, 0.25) is 0 Å². The van der Waals surface area contributed by atoms with E-state index in [1.807, 2.05) is 0 Å². The Balaban J connectivity index is -0.0000000126. The molecular formula is H30B5NaO22. The second-order valence-corrected chi connectivity index (χ2v) is 2.02. The van der Waals surface area contributed by atoms with Crippen molar-refractivity contribution >= 4 is 66.2 Å². The average Bonchev–Trinajstić information content (AvgIpc) is 1.96. The van der Waals surface area contributed by atoms with Crippen molar-refractivity contribution in [3.05, 3.63) is 0 Å². The summed E-state index contributed by atoms with van der Waals surface area (Å²) in [5.74, 6) is 0. The SMILES string of the molecule is O.O.O.O.O.O.O.O.O.O.OB(O)O.OB(O)OB(OB(O)O)OB(O)O.[NaH]. The van der Waals surface area contributed by atoms with Crippen LogP contribution in [0.25, 0.3) is 0 Å². The molecule has 0 aromatic heterocycles. The molecule has 0 atom stereocenters. The molecule has 0 aliphatic rings. The zero-order valence-electron chi connectivity index (χ0n) is 13.1. The molecule has 0 amide bonds. The maximum absolute atomic E-state index is 8.20. The van der Waals surface area contributed by atoms with Crippen molar-refractivity contribution in [1.82, 2.24) is 0 Å². The molecule has 0 saturated heterocycles. The summed E-state index contributed by atoms with van der Waals surface area (Å²) in [6.45, 7) is 0. The van der Waals surface area contributed by atoms with Gasteiger partial charge in [-0.25, -0.2) is 0 Å². The molecule has 0 fully saturated rings. The Hall–Kier alpha value is 0.445. The molecule has 0 saturated carbocycles. The van der Waals surface area contributed by atoms with Gasteiger partial charge in [0.05, 0.1) is 0 Å². The molecule has 22 nitrogen and oxygen atoms in total. The van der Waals surface area contributed by atoms with Gasteiger partial charge in [0.15, 0.2) is 0 Å². The van der Waals surface area contributed by atoms with Crippen LogP contribution in [0, 0.1) is 0 Å². The molecule has 0 spiro atoms. The van der Waals surface area contributed by atoms with Crippen LogP contribution in [0.5, 0.6) is 0 Å². The Morgan fingerprint density at radius 2 is 0.464 bits per heavy atom. The van der Waals surface area contributed by atoms with Gasteiger partial charge in [0, 0.05) is 0 Å². The van der Waals surface area contributed by atoms with E-state index in [2.05, 4.69) is 13.7 Å². The Morgan fingerprint density at radius 1 is 0.357 bits per heavy atom. The van der Waals surface area contributed by atoms with Gasteiger partial charge in [-0.1, -0.05) is 0 Å². The minimum absolute atomic E-state index is 0. The molecule has 0 rings (SSSR count). The normalized spacial score (nSPS) is 5.46. The van der Waals surface area contributed by atoms with Gasteiger partial charge in [-0.15, -0.1) is 0 Å². The molecule has 178 valence electrons. The quantitative estimate of drug-likeness (QED) is 0.167. The fourth-order valence-corrected chi connectivity index (χ4v) is 0.394. The summed E-state index contributed by atoms with van der Waals surface area (Å²) in [6.07, 6.45) is 0. The van der Waals surface area contributed by atoms with E-state index in [-0.39, 0.29) is 84.3 Å². The van der Waals surface area contributed by atoms with Crippen molar-refractivity contribution in [3.63, 3.8) is 0 Å². The van der Waals surface area contributed by atoms with Crippen LogP contribution in [0.3, 0.4) is 0 Å². The monoisotopic (exact) mass is 460 g/mol. The third-order valence-corrected chi connectivity index (χ3v) is 0.698. The average molecular weight is 459 g/mol. The molecule has 0 heterocycles. The van der Waals surface area contributed by atoms with Crippen molar-refractivity contribution in [1.29, 1.82) is 0 Å². The van der Waals surface area contributed by atoms with Crippen molar-refractivity contribution < 1.29 is 114 Å². The van der Waals surface area contributed by atoms with Gasteiger partial charge in [-0.05, 0) is 0 Å². The minimum atomic E-state index is -2.33. The molecule has 0 aromatic rings. The van der Waals surface area contributed by atoms with Gasteiger partial charge in [0.1, 0.15) is 0 Å². The van der Waals surface area contributed by atoms with E-state index in [1.165, 1.54) is 0 Å². The van der Waals surface area contributed by atoms with E-state index in [4.69, 9.17) is 45.2 Å².